The molecule has 1 aliphatic heterocycles. The summed E-state index contributed by atoms with van der Waals surface area (Å²) in [5.74, 6) is -0.629. The molecule has 1 fully saturated rings. The van der Waals surface area contributed by atoms with E-state index >= 15 is 0 Å². The van der Waals surface area contributed by atoms with Crippen LogP contribution in [-0.2, 0) is 9.47 Å². The van der Waals surface area contributed by atoms with Crippen molar-refractivity contribution in [3.8, 4) is 0 Å². The van der Waals surface area contributed by atoms with Gasteiger partial charge in [0, 0.05) is 30.6 Å². The van der Waals surface area contributed by atoms with Crippen molar-refractivity contribution < 1.29 is 28.6 Å². The molecule has 1 aromatic carbocycles. The average Bonchev–Trinajstić information content (AvgIpc) is 2.60. The zero-order chi connectivity index (χ0) is 19.1. The first-order valence-electron chi connectivity index (χ1n) is 8.28. The summed E-state index contributed by atoms with van der Waals surface area (Å²) in [4.78, 5) is 23.7. The predicted molar refractivity (Wildman–Crippen MR) is 92.8 cm³/mol. The molecule has 1 aliphatic rings. The van der Waals surface area contributed by atoms with Gasteiger partial charge in [-0.2, -0.15) is 0 Å². The molecule has 0 bridgehead atoms. The minimum absolute atomic E-state index is 0.143. The van der Waals surface area contributed by atoms with Crippen molar-refractivity contribution >= 4 is 23.8 Å². The molecule has 26 heavy (non-hydrogen) atoms. The summed E-state index contributed by atoms with van der Waals surface area (Å²) in [5.41, 5.74) is 0.547. The quantitative estimate of drug-likeness (QED) is 0.730. The van der Waals surface area contributed by atoms with Crippen LogP contribution in [0.3, 0.4) is 0 Å². The molecule has 0 saturated carbocycles. The van der Waals surface area contributed by atoms with Gasteiger partial charge in [-0.25, -0.2) is 14.0 Å². The van der Waals surface area contributed by atoms with E-state index in [1.54, 1.807) is 6.07 Å². The molecule has 1 aromatic rings. The van der Waals surface area contributed by atoms with E-state index in [1.165, 1.54) is 24.1 Å². The molecule has 1 heterocycles. The van der Waals surface area contributed by atoms with Gasteiger partial charge in [0.25, 0.3) is 0 Å². The fraction of sp³-hybridized carbons (Fsp3) is 0.529. The molecule has 0 radical (unpaired) electrons. The Kier molecular flexibility index (Phi) is 7.47. The zero-order valence-electron chi connectivity index (χ0n) is 14.4. The maximum Gasteiger partial charge on any atom is 0.407 e. The Morgan fingerprint density at radius 3 is 2.88 bits per heavy atom. The first-order chi connectivity index (χ1) is 12.4. The van der Waals surface area contributed by atoms with Gasteiger partial charge in [0.15, 0.2) is 0 Å². The second-order valence-corrected chi connectivity index (χ2v) is 6.48. The molecule has 2 amide bonds. The summed E-state index contributed by atoms with van der Waals surface area (Å²) in [6.07, 6.45) is -0.663. The smallest absolute Gasteiger partial charge is 0.407 e. The number of hydrogen-bond donors (Lipinski definition) is 2. The predicted octanol–water partition coefficient (Wildman–Crippen LogP) is 3.28. The first kappa shape index (κ1) is 20.3. The van der Waals surface area contributed by atoms with Crippen molar-refractivity contribution in [3.05, 3.63) is 34.6 Å². The number of nitrogens with one attached hydrogen (secondary N) is 1. The molecule has 0 aromatic heterocycles. The summed E-state index contributed by atoms with van der Waals surface area (Å²) in [5, 5.41) is 12.0. The van der Waals surface area contributed by atoms with Gasteiger partial charge in [0.05, 0.1) is 19.8 Å². The number of amides is 2. The average molecular weight is 389 g/mol. The number of benzene rings is 1. The Morgan fingerprint density at radius 1 is 1.46 bits per heavy atom. The molecule has 2 unspecified atom stereocenters. The number of methoxy groups -OCH3 is 1. The Hall–Kier alpha value is -2.06. The number of piperidine rings is 1. The molecular weight excluding hydrogens is 367 g/mol. The van der Waals surface area contributed by atoms with Crippen molar-refractivity contribution in [2.75, 3.05) is 33.4 Å². The second-order valence-electron chi connectivity index (χ2n) is 6.04. The van der Waals surface area contributed by atoms with Gasteiger partial charge < -0.3 is 24.8 Å². The second kappa shape index (κ2) is 9.59. The molecule has 1 saturated heterocycles. The van der Waals surface area contributed by atoms with Crippen LogP contribution in [-0.4, -0.2) is 55.5 Å². The number of alkyl carbamates (subject to hydrolysis) is 1. The molecular formula is C17H22ClFN2O5. The standard InChI is InChI=1S/C17H22ClFN2O5/c1-25-16(22)20-4-6-26-15(12-7-13(18)9-14(19)8-12)11-3-2-5-21(10-11)17(23)24/h7-9,11,15H,2-6,10H2,1H3,(H,20,22)(H,23,24). The number of likely N-dealkylation sites (tertiary alicyclic amines) is 1. The van der Waals surface area contributed by atoms with E-state index in [4.69, 9.17) is 16.3 Å². The SMILES string of the molecule is COC(=O)NCCOC(c1cc(F)cc(Cl)c1)C1CCCN(C(=O)O)C1. The number of rotatable bonds is 6. The molecule has 9 heteroatoms. The molecule has 0 aliphatic carbocycles. The van der Waals surface area contributed by atoms with Crippen LogP contribution < -0.4 is 5.32 Å². The highest BCUT2D eigenvalue weighted by atomic mass is 35.5. The largest absolute Gasteiger partial charge is 0.465 e. The number of nitrogens with zero attached hydrogens (tertiary/aromatic N) is 1. The van der Waals surface area contributed by atoms with Crippen LogP contribution in [0.15, 0.2) is 18.2 Å². The Labute approximate surface area is 156 Å². The Bertz CT molecular complexity index is 625. The van der Waals surface area contributed by atoms with Gasteiger partial charge in [-0.3, -0.25) is 0 Å². The van der Waals surface area contributed by atoms with Crippen LogP contribution in [0.5, 0.6) is 0 Å². The monoisotopic (exact) mass is 388 g/mol. The van der Waals surface area contributed by atoms with E-state index in [9.17, 15) is 19.1 Å². The fourth-order valence-corrected chi connectivity index (χ4v) is 3.32. The van der Waals surface area contributed by atoms with Gasteiger partial charge in [0.2, 0.25) is 0 Å². The summed E-state index contributed by atoms with van der Waals surface area (Å²) < 4.78 is 24.2. The third kappa shape index (κ3) is 5.74. The molecule has 2 rings (SSSR count). The van der Waals surface area contributed by atoms with Gasteiger partial charge in [-0.05, 0) is 36.6 Å². The van der Waals surface area contributed by atoms with E-state index < -0.39 is 24.1 Å². The van der Waals surface area contributed by atoms with Gasteiger partial charge in [0.1, 0.15) is 5.82 Å². The molecule has 2 atom stereocenters. The van der Waals surface area contributed by atoms with E-state index in [2.05, 4.69) is 10.1 Å². The van der Waals surface area contributed by atoms with E-state index in [0.717, 1.165) is 6.42 Å². The number of carbonyl (C=O) groups is 2. The normalized spacial score (nSPS) is 18.3. The van der Waals surface area contributed by atoms with E-state index in [1.807, 2.05) is 0 Å². The van der Waals surface area contributed by atoms with Crippen LogP contribution in [0.25, 0.3) is 0 Å². The lowest BCUT2D eigenvalue weighted by molar-refractivity contribution is -0.0118. The number of ether oxygens (including phenoxy) is 2. The topological polar surface area (TPSA) is 88.1 Å². The first-order valence-corrected chi connectivity index (χ1v) is 8.65. The van der Waals surface area contributed by atoms with Crippen molar-refractivity contribution in [2.24, 2.45) is 5.92 Å². The summed E-state index contributed by atoms with van der Waals surface area (Å²) in [6.45, 7) is 1.13. The molecule has 7 nitrogen and oxygen atoms in total. The summed E-state index contributed by atoms with van der Waals surface area (Å²) >= 11 is 5.96. The maximum absolute atomic E-state index is 13.8. The highest BCUT2D eigenvalue weighted by Crippen LogP contribution is 2.34. The third-order valence-electron chi connectivity index (χ3n) is 4.22. The maximum atomic E-state index is 13.8. The molecule has 2 N–H and O–H groups in total. The Morgan fingerprint density at radius 2 is 2.23 bits per heavy atom. The van der Waals surface area contributed by atoms with Gasteiger partial charge >= 0.3 is 12.2 Å². The van der Waals surface area contributed by atoms with Crippen LogP contribution >= 0.6 is 11.6 Å². The van der Waals surface area contributed by atoms with Crippen molar-refractivity contribution in [3.63, 3.8) is 0 Å². The zero-order valence-corrected chi connectivity index (χ0v) is 15.2. The van der Waals surface area contributed by atoms with Gasteiger partial charge in [-0.1, -0.05) is 11.6 Å². The lowest BCUT2D eigenvalue weighted by Crippen LogP contribution is -2.41. The molecule has 144 valence electrons. The third-order valence-corrected chi connectivity index (χ3v) is 4.44. The number of carbonyl (C=O) groups excluding carboxylic acids is 1. The van der Waals surface area contributed by atoms with Crippen molar-refractivity contribution in [1.82, 2.24) is 10.2 Å². The molecule has 0 spiro atoms. The van der Waals surface area contributed by atoms with Crippen LogP contribution in [0.2, 0.25) is 5.02 Å². The van der Waals surface area contributed by atoms with Crippen LogP contribution in [0.4, 0.5) is 14.0 Å². The number of halogens is 2. The lowest BCUT2D eigenvalue weighted by Gasteiger charge is -2.35. The fourth-order valence-electron chi connectivity index (χ4n) is 3.09. The lowest BCUT2D eigenvalue weighted by atomic mass is 9.88. The van der Waals surface area contributed by atoms with Crippen molar-refractivity contribution in [1.29, 1.82) is 0 Å². The van der Waals surface area contributed by atoms with E-state index in [0.29, 0.717) is 25.1 Å². The summed E-state index contributed by atoms with van der Waals surface area (Å²) in [7, 11) is 1.26. The summed E-state index contributed by atoms with van der Waals surface area (Å²) in [6, 6.07) is 4.15. The van der Waals surface area contributed by atoms with Gasteiger partial charge in [-0.15, -0.1) is 0 Å². The minimum atomic E-state index is -0.988. The highest BCUT2D eigenvalue weighted by molar-refractivity contribution is 6.30. The van der Waals surface area contributed by atoms with Crippen LogP contribution in [0, 0.1) is 11.7 Å². The highest BCUT2D eigenvalue weighted by Gasteiger charge is 2.31. The Balaban J connectivity index is 2.12. The van der Waals surface area contributed by atoms with Crippen LogP contribution in [0.1, 0.15) is 24.5 Å². The number of hydrogen-bond acceptors (Lipinski definition) is 4. The van der Waals surface area contributed by atoms with E-state index in [-0.39, 0.29) is 24.1 Å². The van der Waals surface area contributed by atoms with Crippen molar-refractivity contribution in [2.45, 2.75) is 18.9 Å². The minimum Gasteiger partial charge on any atom is -0.465 e. The number of carboxylic acid groups (broad SMARTS) is 1.